The summed E-state index contributed by atoms with van der Waals surface area (Å²) in [4.78, 5) is 0. The molecule has 2 aromatic carbocycles. The number of para-hydroxylation sites is 1. The largest absolute Gasteiger partial charge is 0.508 e. The van der Waals surface area contributed by atoms with Gasteiger partial charge >= 0.3 is 0 Å². The fourth-order valence-electron chi connectivity index (χ4n) is 1.73. The Morgan fingerprint density at radius 1 is 0.900 bits per heavy atom. The lowest BCUT2D eigenvalue weighted by Crippen LogP contribution is -1.85. The van der Waals surface area contributed by atoms with E-state index >= 15 is 0 Å². The summed E-state index contributed by atoms with van der Waals surface area (Å²) in [5.41, 5.74) is 1.07. The summed E-state index contributed by atoms with van der Waals surface area (Å²) in [5.74, 6) is 0.738. The Morgan fingerprint density at radius 2 is 1.55 bits per heavy atom. The van der Waals surface area contributed by atoms with Crippen LogP contribution in [0.5, 0.6) is 11.5 Å². The standard InChI is InChI=1S/C11H16O.C6H5BrO/c1-2-3-4-7-10-8-5-6-9-11(10)12;7-5-1-3-6(8)4-2-5/h5-6,8-9,12H,2-4,7H2,1H3;1-4,8H. The molecule has 0 aliphatic heterocycles. The van der Waals surface area contributed by atoms with E-state index in [0.29, 0.717) is 11.5 Å². The number of benzene rings is 2. The third-order valence-electron chi connectivity index (χ3n) is 2.87. The van der Waals surface area contributed by atoms with Crippen molar-refractivity contribution in [3.05, 3.63) is 58.6 Å². The molecule has 20 heavy (non-hydrogen) atoms. The van der Waals surface area contributed by atoms with Crippen molar-refractivity contribution in [3.63, 3.8) is 0 Å². The molecule has 0 atom stereocenters. The Balaban J connectivity index is 0.000000217. The minimum Gasteiger partial charge on any atom is -0.508 e. The van der Waals surface area contributed by atoms with Gasteiger partial charge in [-0.25, -0.2) is 0 Å². The quantitative estimate of drug-likeness (QED) is 0.745. The zero-order chi connectivity index (χ0) is 14.8. The highest BCUT2D eigenvalue weighted by atomic mass is 79.9. The van der Waals surface area contributed by atoms with Crippen LogP contribution in [0.15, 0.2) is 53.0 Å². The van der Waals surface area contributed by atoms with Gasteiger partial charge in [-0.15, -0.1) is 0 Å². The first-order valence-electron chi connectivity index (χ1n) is 6.85. The van der Waals surface area contributed by atoms with E-state index in [2.05, 4.69) is 22.9 Å². The molecule has 0 heterocycles. The van der Waals surface area contributed by atoms with E-state index in [-0.39, 0.29) is 0 Å². The molecule has 108 valence electrons. The number of halogens is 1. The smallest absolute Gasteiger partial charge is 0.118 e. The van der Waals surface area contributed by atoms with Crippen LogP contribution in [0.25, 0.3) is 0 Å². The zero-order valence-corrected chi connectivity index (χ0v) is 13.3. The maximum atomic E-state index is 9.41. The van der Waals surface area contributed by atoms with Crippen molar-refractivity contribution in [3.8, 4) is 11.5 Å². The van der Waals surface area contributed by atoms with Crippen LogP contribution < -0.4 is 0 Å². The van der Waals surface area contributed by atoms with Crippen molar-refractivity contribution in [1.82, 2.24) is 0 Å². The summed E-state index contributed by atoms with van der Waals surface area (Å²) < 4.78 is 0.982. The summed E-state index contributed by atoms with van der Waals surface area (Å²) in [6.07, 6.45) is 4.65. The second-order valence-corrected chi connectivity index (χ2v) is 5.48. The monoisotopic (exact) mass is 336 g/mol. The molecule has 0 bridgehead atoms. The van der Waals surface area contributed by atoms with Crippen molar-refractivity contribution in [2.45, 2.75) is 32.6 Å². The highest BCUT2D eigenvalue weighted by molar-refractivity contribution is 9.10. The van der Waals surface area contributed by atoms with Crippen molar-refractivity contribution in [2.24, 2.45) is 0 Å². The van der Waals surface area contributed by atoms with E-state index in [1.54, 1.807) is 30.3 Å². The average Bonchev–Trinajstić information content (AvgIpc) is 2.45. The van der Waals surface area contributed by atoms with Gasteiger partial charge in [0.05, 0.1) is 0 Å². The first-order valence-corrected chi connectivity index (χ1v) is 7.64. The molecule has 0 radical (unpaired) electrons. The topological polar surface area (TPSA) is 40.5 Å². The van der Waals surface area contributed by atoms with Crippen LogP contribution in [-0.4, -0.2) is 10.2 Å². The van der Waals surface area contributed by atoms with Gasteiger partial charge in [-0.1, -0.05) is 53.9 Å². The van der Waals surface area contributed by atoms with Crippen molar-refractivity contribution in [2.75, 3.05) is 0 Å². The normalized spacial score (nSPS) is 9.70. The molecule has 0 saturated carbocycles. The molecule has 2 aromatic rings. The molecule has 3 heteroatoms. The van der Waals surface area contributed by atoms with Crippen LogP contribution in [0.2, 0.25) is 0 Å². The molecule has 0 unspecified atom stereocenters. The second kappa shape index (κ2) is 9.43. The summed E-state index contributed by atoms with van der Waals surface area (Å²) in [7, 11) is 0. The van der Waals surface area contributed by atoms with Crippen LogP contribution >= 0.6 is 15.9 Å². The Labute approximate surface area is 129 Å². The molecule has 0 spiro atoms. The highest BCUT2D eigenvalue weighted by Crippen LogP contribution is 2.18. The number of phenolic OH excluding ortho intramolecular Hbond substituents is 2. The fraction of sp³-hybridized carbons (Fsp3) is 0.294. The van der Waals surface area contributed by atoms with E-state index in [0.717, 1.165) is 16.5 Å². The number of rotatable bonds is 4. The van der Waals surface area contributed by atoms with Gasteiger partial charge in [-0.2, -0.15) is 0 Å². The Morgan fingerprint density at radius 3 is 2.10 bits per heavy atom. The minimum absolute atomic E-state index is 0.299. The number of aryl methyl sites for hydroxylation is 1. The summed E-state index contributed by atoms with van der Waals surface area (Å²) in [6.45, 7) is 2.19. The molecule has 0 aromatic heterocycles. The molecule has 0 fully saturated rings. The lowest BCUT2D eigenvalue weighted by molar-refractivity contribution is 0.466. The van der Waals surface area contributed by atoms with E-state index in [9.17, 15) is 5.11 Å². The number of hydrogen-bond donors (Lipinski definition) is 2. The first-order chi connectivity index (χ1) is 9.63. The number of phenols is 2. The van der Waals surface area contributed by atoms with Crippen molar-refractivity contribution < 1.29 is 10.2 Å². The van der Waals surface area contributed by atoms with E-state index in [1.807, 2.05) is 18.2 Å². The van der Waals surface area contributed by atoms with Crippen LogP contribution in [-0.2, 0) is 6.42 Å². The molecule has 2 nitrogen and oxygen atoms in total. The summed E-state index contributed by atoms with van der Waals surface area (Å²) in [6, 6.07) is 14.4. The van der Waals surface area contributed by atoms with Crippen LogP contribution in [0.3, 0.4) is 0 Å². The molecule has 0 saturated heterocycles. The van der Waals surface area contributed by atoms with Crippen molar-refractivity contribution in [1.29, 1.82) is 0 Å². The predicted molar refractivity (Wildman–Crippen MR) is 87.1 cm³/mol. The maximum Gasteiger partial charge on any atom is 0.118 e. The summed E-state index contributed by atoms with van der Waals surface area (Å²) >= 11 is 3.23. The van der Waals surface area contributed by atoms with Gasteiger partial charge < -0.3 is 10.2 Å². The van der Waals surface area contributed by atoms with Gasteiger partial charge in [0, 0.05) is 4.47 Å². The minimum atomic E-state index is 0.299. The third-order valence-corrected chi connectivity index (χ3v) is 3.40. The van der Waals surface area contributed by atoms with Crippen LogP contribution in [0.1, 0.15) is 31.7 Å². The number of hydrogen-bond acceptors (Lipinski definition) is 2. The zero-order valence-electron chi connectivity index (χ0n) is 11.7. The second-order valence-electron chi connectivity index (χ2n) is 4.56. The summed E-state index contributed by atoms with van der Waals surface area (Å²) in [5, 5.41) is 18.1. The SMILES string of the molecule is CCCCCc1ccccc1O.Oc1ccc(Br)cc1. The molecule has 2 rings (SSSR count). The molecule has 0 aliphatic rings. The Bertz CT molecular complexity index is 474. The average molecular weight is 337 g/mol. The number of aromatic hydroxyl groups is 2. The van der Waals surface area contributed by atoms with Gasteiger partial charge in [0.25, 0.3) is 0 Å². The molecule has 0 amide bonds. The van der Waals surface area contributed by atoms with Gasteiger partial charge in [-0.05, 0) is 48.7 Å². The van der Waals surface area contributed by atoms with Gasteiger partial charge in [-0.3, -0.25) is 0 Å². The predicted octanol–water partition coefficient (Wildman–Crippen LogP) is 5.28. The first kappa shape index (κ1) is 16.6. The van der Waals surface area contributed by atoms with E-state index in [4.69, 9.17) is 5.11 Å². The molecular weight excluding hydrogens is 316 g/mol. The maximum absolute atomic E-state index is 9.41. The lowest BCUT2D eigenvalue weighted by atomic mass is 10.1. The Kier molecular flexibility index (Phi) is 7.81. The van der Waals surface area contributed by atoms with Gasteiger partial charge in [0.15, 0.2) is 0 Å². The van der Waals surface area contributed by atoms with Crippen LogP contribution in [0.4, 0.5) is 0 Å². The highest BCUT2D eigenvalue weighted by Gasteiger charge is 1.97. The molecule has 2 N–H and O–H groups in total. The molecular formula is C17H21BrO2. The van der Waals surface area contributed by atoms with Gasteiger partial charge in [0.2, 0.25) is 0 Å². The lowest BCUT2D eigenvalue weighted by Gasteiger charge is -2.02. The third kappa shape index (κ3) is 6.62. The van der Waals surface area contributed by atoms with Crippen molar-refractivity contribution >= 4 is 15.9 Å². The molecule has 0 aliphatic carbocycles. The van der Waals surface area contributed by atoms with E-state index < -0.39 is 0 Å². The van der Waals surface area contributed by atoms with E-state index in [1.165, 1.54) is 19.3 Å². The van der Waals surface area contributed by atoms with Gasteiger partial charge in [0.1, 0.15) is 11.5 Å². The number of unbranched alkanes of at least 4 members (excludes halogenated alkanes) is 2. The van der Waals surface area contributed by atoms with Crippen LogP contribution in [0, 0.1) is 0 Å². The fourth-order valence-corrected chi connectivity index (χ4v) is 1.99. The Hall–Kier alpha value is -1.48.